The van der Waals surface area contributed by atoms with E-state index in [1.54, 1.807) is 13.2 Å². The summed E-state index contributed by atoms with van der Waals surface area (Å²) in [5, 5.41) is 7.49. The normalized spacial score (nSPS) is 20.2. The maximum Gasteiger partial charge on any atom is 0.123 e. The van der Waals surface area contributed by atoms with Crippen LogP contribution in [-0.4, -0.2) is 37.0 Å². The highest BCUT2D eigenvalue weighted by atomic mass is 19.1. The summed E-state index contributed by atoms with van der Waals surface area (Å²) in [6.45, 7) is 2.49. The van der Waals surface area contributed by atoms with Crippen molar-refractivity contribution in [2.24, 2.45) is 5.73 Å². The fraction of sp³-hybridized carbons (Fsp3) is 0.462. The third-order valence-electron chi connectivity index (χ3n) is 3.32. The van der Waals surface area contributed by atoms with Gasteiger partial charge in [0.2, 0.25) is 0 Å². The third-order valence-corrected chi connectivity index (χ3v) is 3.32. The quantitative estimate of drug-likeness (QED) is 0.627. The summed E-state index contributed by atoms with van der Waals surface area (Å²) in [7, 11) is 1.72. The van der Waals surface area contributed by atoms with Crippen LogP contribution in [0, 0.1) is 11.2 Å². The number of methoxy groups -OCH3 is 1. The lowest BCUT2D eigenvalue weighted by Crippen LogP contribution is -2.24. The number of nitrogens with zero attached hydrogens (tertiary/aromatic N) is 1. The minimum absolute atomic E-state index is 0.0908. The van der Waals surface area contributed by atoms with Gasteiger partial charge in [0.05, 0.1) is 6.10 Å². The molecule has 1 aromatic carbocycles. The first-order chi connectivity index (χ1) is 8.60. The number of nitrogen functional groups attached to an aromatic ring is 1. The first-order valence-electron chi connectivity index (χ1n) is 5.98. The molecule has 2 rings (SSSR count). The molecule has 0 amide bonds. The van der Waals surface area contributed by atoms with Gasteiger partial charge in [-0.05, 0) is 24.1 Å². The Labute approximate surface area is 106 Å². The number of benzene rings is 1. The molecule has 0 bridgehead atoms. The maximum atomic E-state index is 13.2. The summed E-state index contributed by atoms with van der Waals surface area (Å²) in [4.78, 5) is 2.23. The van der Waals surface area contributed by atoms with Crippen molar-refractivity contribution in [1.82, 2.24) is 4.90 Å². The summed E-state index contributed by atoms with van der Waals surface area (Å²) in [5.74, 6) is -0.452. The van der Waals surface area contributed by atoms with Gasteiger partial charge in [-0.15, -0.1) is 0 Å². The van der Waals surface area contributed by atoms with Crippen molar-refractivity contribution < 1.29 is 9.13 Å². The topological polar surface area (TPSA) is 62.3 Å². The van der Waals surface area contributed by atoms with E-state index in [9.17, 15) is 4.39 Å². The number of nitrogens with two attached hydrogens (primary N) is 1. The van der Waals surface area contributed by atoms with Gasteiger partial charge >= 0.3 is 0 Å². The van der Waals surface area contributed by atoms with E-state index in [4.69, 9.17) is 15.9 Å². The van der Waals surface area contributed by atoms with E-state index in [0.717, 1.165) is 25.1 Å². The highest BCUT2D eigenvalue weighted by molar-refractivity contribution is 5.96. The van der Waals surface area contributed by atoms with Crippen LogP contribution in [0.1, 0.15) is 17.5 Å². The molecule has 5 heteroatoms. The molecule has 3 N–H and O–H groups in total. The molecule has 1 aromatic rings. The molecule has 0 spiro atoms. The first kappa shape index (κ1) is 13.0. The molecule has 4 nitrogen and oxygen atoms in total. The number of likely N-dealkylation sites (tertiary alicyclic amines) is 1. The standard InChI is InChI=1S/C13H18FN3O/c1-18-11-4-5-17(8-11)7-9-2-3-10(14)6-12(9)13(15)16/h2-3,6,11H,4-5,7-8H2,1H3,(H3,15,16). The van der Waals surface area contributed by atoms with Gasteiger partial charge in [0.25, 0.3) is 0 Å². The van der Waals surface area contributed by atoms with Crippen LogP contribution in [0.3, 0.4) is 0 Å². The average Bonchev–Trinajstić information content (AvgIpc) is 2.79. The number of nitrogens with one attached hydrogen (secondary N) is 1. The molecule has 1 unspecified atom stereocenters. The highest BCUT2D eigenvalue weighted by Crippen LogP contribution is 2.18. The fourth-order valence-corrected chi connectivity index (χ4v) is 2.31. The van der Waals surface area contributed by atoms with Crippen LogP contribution in [0.5, 0.6) is 0 Å². The van der Waals surface area contributed by atoms with Crippen molar-refractivity contribution >= 4 is 5.84 Å². The Morgan fingerprint density at radius 2 is 2.39 bits per heavy atom. The SMILES string of the molecule is COC1CCN(Cc2ccc(F)cc2C(=N)N)C1. The van der Waals surface area contributed by atoms with Crippen molar-refractivity contribution in [1.29, 1.82) is 5.41 Å². The molecule has 1 aliphatic rings. The summed E-state index contributed by atoms with van der Waals surface area (Å²) >= 11 is 0. The van der Waals surface area contributed by atoms with Gasteiger partial charge in [-0.25, -0.2) is 4.39 Å². The van der Waals surface area contributed by atoms with Gasteiger partial charge < -0.3 is 10.5 Å². The van der Waals surface area contributed by atoms with Crippen molar-refractivity contribution in [3.63, 3.8) is 0 Å². The maximum absolute atomic E-state index is 13.2. The smallest absolute Gasteiger partial charge is 0.123 e. The molecule has 1 heterocycles. The van der Waals surface area contributed by atoms with E-state index >= 15 is 0 Å². The lowest BCUT2D eigenvalue weighted by molar-refractivity contribution is 0.107. The molecule has 98 valence electrons. The van der Waals surface area contributed by atoms with Crippen molar-refractivity contribution in [3.05, 3.63) is 35.1 Å². The Balaban J connectivity index is 2.12. The lowest BCUT2D eigenvalue weighted by Gasteiger charge is -2.17. The highest BCUT2D eigenvalue weighted by Gasteiger charge is 2.22. The number of ether oxygens (including phenoxy) is 1. The van der Waals surface area contributed by atoms with Crippen LogP contribution >= 0.6 is 0 Å². The Morgan fingerprint density at radius 1 is 1.61 bits per heavy atom. The Hall–Kier alpha value is -1.46. The van der Waals surface area contributed by atoms with Crippen LogP contribution in [0.4, 0.5) is 4.39 Å². The summed E-state index contributed by atoms with van der Waals surface area (Å²) in [6.07, 6.45) is 1.28. The molecule has 0 radical (unpaired) electrons. The van der Waals surface area contributed by atoms with E-state index < -0.39 is 0 Å². The van der Waals surface area contributed by atoms with E-state index in [2.05, 4.69) is 4.90 Å². The van der Waals surface area contributed by atoms with Crippen LogP contribution in [-0.2, 0) is 11.3 Å². The van der Waals surface area contributed by atoms with Crippen LogP contribution < -0.4 is 5.73 Å². The van der Waals surface area contributed by atoms with Gasteiger partial charge in [-0.2, -0.15) is 0 Å². The molecule has 0 aromatic heterocycles. The van der Waals surface area contributed by atoms with Gasteiger partial charge in [-0.1, -0.05) is 6.07 Å². The summed E-state index contributed by atoms with van der Waals surface area (Å²) in [5.41, 5.74) is 6.86. The zero-order valence-electron chi connectivity index (χ0n) is 10.4. The predicted molar refractivity (Wildman–Crippen MR) is 68.1 cm³/mol. The molecular formula is C13H18FN3O. The second-order valence-electron chi connectivity index (χ2n) is 4.60. The number of halogens is 1. The number of hydrogen-bond acceptors (Lipinski definition) is 3. The molecular weight excluding hydrogens is 233 g/mol. The molecule has 18 heavy (non-hydrogen) atoms. The molecule has 0 saturated carbocycles. The average molecular weight is 251 g/mol. The molecule has 1 atom stereocenters. The largest absolute Gasteiger partial charge is 0.384 e. The van der Waals surface area contributed by atoms with E-state index in [-0.39, 0.29) is 17.8 Å². The Morgan fingerprint density at radius 3 is 3.00 bits per heavy atom. The van der Waals surface area contributed by atoms with Gasteiger partial charge in [0.1, 0.15) is 11.7 Å². The summed E-state index contributed by atoms with van der Waals surface area (Å²) in [6, 6.07) is 4.43. The molecule has 1 aliphatic heterocycles. The fourth-order valence-electron chi connectivity index (χ4n) is 2.31. The first-order valence-corrected chi connectivity index (χ1v) is 5.98. The van der Waals surface area contributed by atoms with Gasteiger partial charge in [0.15, 0.2) is 0 Å². The number of amidine groups is 1. The lowest BCUT2D eigenvalue weighted by atomic mass is 10.1. The molecule has 1 fully saturated rings. The van der Waals surface area contributed by atoms with Crippen molar-refractivity contribution in [3.8, 4) is 0 Å². The van der Waals surface area contributed by atoms with Crippen LogP contribution in [0.25, 0.3) is 0 Å². The predicted octanol–water partition coefficient (Wildman–Crippen LogP) is 1.33. The Kier molecular flexibility index (Phi) is 3.93. The zero-order valence-corrected chi connectivity index (χ0v) is 10.4. The van der Waals surface area contributed by atoms with E-state index in [1.165, 1.54) is 12.1 Å². The number of rotatable bonds is 4. The van der Waals surface area contributed by atoms with Gasteiger partial charge in [-0.3, -0.25) is 10.3 Å². The second-order valence-corrected chi connectivity index (χ2v) is 4.60. The van der Waals surface area contributed by atoms with E-state index in [0.29, 0.717) is 12.1 Å². The van der Waals surface area contributed by atoms with Crippen molar-refractivity contribution in [2.45, 2.75) is 19.1 Å². The number of hydrogen-bond donors (Lipinski definition) is 2. The zero-order chi connectivity index (χ0) is 13.1. The molecule has 0 aliphatic carbocycles. The van der Waals surface area contributed by atoms with Crippen LogP contribution in [0.2, 0.25) is 0 Å². The summed E-state index contributed by atoms with van der Waals surface area (Å²) < 4.78 is 18.5. The second kappa shape index (κ2) is 5.46. The molecule has 1 saturated heterocycles. The van der Waals surface area contributed by atoms with Crippen LogP contribution in [0.15, 0.2) is 18.2 Å². The van der Waals surface area contributed by atoms with E-state index in [1.807, 2.05) is 0 Å². The third kappa shape index (κ3) is 2.86. The Bertz CT molecular complexity index is 450. The monoisotopic (exact) mass is 251 g/mol. The van der Waals surface area contributed by atoms with Crippen molar-refractivity contribution in [2.75, 3.05) is 20.2 Å². The van der Waals surface area contributed by atoms with Gasteiger partial charge in [0, 0.05) is 32.3 Å². The minimum atomic E-state index is -0.361. The minimum Gasteiger partial charge on any atom is -0.384 e.